The SMILES string of the molecule is CCN(CC)CCn1c(CCl)nc2c(OC)ncnc21. The smallest absolute Gasteiger partial charge is 0.245 e. The van der Waals surface area contributed by atoms with Crippen molar-refractivity contribution in [2.45, 2.75) is 26.3 Å². The Labute approximate surface area is 123 Å². The van der Waals surface area contributed by atoms with Gasteiger partial charge < -0.3 is 14.2 Å². The van der Waals surface area contributed by atoms with Gasteiger partial charge in [0, 0.05) is 13.1 Å². The number of methoxy groups -OCH3 is 1. The van der Waals surface area contributed by atoms with Crippen LogP contribution in [-0.2, 0) is 12.4 Å². The summed E-state index contributed by atoms with van der Waals surface area (Å²) in [5.41, 5.74) is 1.45. The first kappa shape index (κ1) is 15.0. The van der Waals surface area contributed by atoms with Gasteiger partial charge in [-0.1, -0.05) is 13.8 Å². The van der Waals surface area contributed by atoms with Gasteiger partial charge in [0.15, 0.2) is 11.2 Å². The van der Waals surface area contributed by atoms with Gasteiger partial charge in [0.2, 0.25) is 5.88 Å². The van der Waals surface area contributed by atoms with E-state index in [1.165, 1.54) is 6.33 Å². The molecule has 2 aromatic rings. The Bertz CT molecular complexity index is 567. The lowest BCUT2D eigenvalue weighted by atomic mass is 10.4. The first-order chi connectivity index (χ1) is 9.74. The quantitative estimate of drug-likeness (QED) is 0.731. The summed E-state index contributed by atoms with van der Waals surface area (Å²) in [6, 6.07) is 0. The highest BCUT2D eigenvalue weighted by molar-refractivity contribution is 6.16. The van der Waals surface area contributed by atoms with Gasteiger partial charge in [-0.15, -0.1) is 11.6 Å². The Kier molecular flexibility index (Phi) is 5.14. The van der Waals surface area contributed by atoms with E-state index in [1.807, 2.05) is 4.57 Å². The lowest BCUT2D eigenvalue weighted by Crippen LogP contribution is -2.27. The summed E-state index contributed by atoms with van der Waals surface area (Å²) in [5.74, 6) is 1.63. The van der Waals surface area contributed by atoms with Crippen LogP contribution in [0.1, 0.15) is 19.7 Å². The summed E-state index contributed by atoms with van der Waals surface area (Å²) < 4.78 is 7.27. The predicted octanol–water partition coefficient (Wildman–Crippen LogP) is 1.92. The summed E-state index contributed by atoms with van der Waals surface area (Å²) in [6.45, 7) is 8.11. The maximum absolute atomic E-state index is 6.00. The maximum atomic E-state index is 6.00. The average Bonchev–Trinajstić information content (AvgIpc) is 2.86. The molecule has 0 spiro atoms. The van der Waals surface area contributed by atoms with E-state index in [4.69, 9.17) is 16.3 Å². The van der Waals surface area contributed by atoms with Gasteiger partial charge in [0.05, 0.1) is 13.0 Å². The monoisotopic (exact) mass is 297 g/mol. The second-order valence-corrected chi connectivity index (χ2v) is 4.66. The Balaban J connectivity index is 2.35. The third-order valence-corrected chi connectivity index (χ3v) is 3.66. The minimum atomic E-state index is 0.345. The normalized spacial score (nSPS) is 11.4. The van der Waals surface area contributed by atoms with Crippen LogP contribution in [0.5, 0.6) is 5.88 Å². The highest BCUT2D eigenvalue weighted by atomic mass is 35.5. The molecular formula is C13H20ClN5O. The van der Waals surface area contributed by atoms with Gasteiger partial charge in [-0.05, 0) is 13.1 Å². The standard InChI is InChI=1S/C13H20ClN5O/c1-4-18(5-2)6-7-19-10(8-14)17-11-12(19)15-9-16-13(11)20-3/h9H,4-8H2,1-3H3. The largest absolute Gasteiger partial charge is 0.479 e. The van der Waals surface area contributed by atoms with Gasteiger partial charge >= 0.3 is 0 Å². The van der Waals surface area contributed by atoms with Crippen molar-refractivity contribution in [3.8, 4) is 5.88 Å². The van der Waals surface area contributed by atoms with Crippen molar-refractivity contribution in [2.24, 2.45) is 0 Å². The highest BCUT2D eigenvalue weighted by Gasteiger charge is 2.16. The number of alkyl halides is 1. The number of nitrogens with zero attached hydrogens (tertiary/aromatic N) is 5. The summed E-state index contributed by atoms with van der Waals surface area (Å²) in [7, 11) is 1.58. The van der Waals surface area contributed by atoms with Crippen LogP contribution in [0.15, 0.2) is 6.33 Å². The topological polar surface area (TPSA) is 56.1 Å². The van der Waals surface area contributed by atoms with Crippen LogP contribution in [0.3, 0.4) is 0 Å². The van der Waals surface area contributed by atoms with E-state index in [-0.39, 0.29) is 0 Å². The number of hydrogen-bond acceptors (Lipinski definition) is 5. The zero-order chi connectivity index (χ0) is 14.5. The van der Waals surface area contributed by atoms with Crippen molar-refractivity contribution < 1.29 is 4.74 Å². The number of aromatic nitrogens is 4. The van der Waals surface area contributed by atoms with E-state index >= 15 is 0 Å². The fraction of sp³-hybridized carbons (Fsp3) is 0.615. The first-order valence-corrected chi connectivity index (χ1v) is 7.30. The van der Waals surface area contributed by atoms with Crippen molar-refractivity contribution in [2.75, 3.05) is 26.7 Å². The zero-order valence-corrected chi connectivity index (χ0v) is 12.9. The second-order valence-electron chi connectivity index (χ2n) is 4.40. The van der Waals surface area contributed by atoms with Crippen LogP contribution in [0, 0.1) is 0 Å². The minimum absolute atomic E-state index is 0.345. The number of likely N-dealkylation sites (N-methyl/N-ethyl adjacent to an activating group) is 1. The molecule has 6 nitrogen and oxygen atoms in total. The Morgan fingerprint density at radius 3 is 2.65 bits per heavy atom. The van der Waals surface area contributed by atoms with E-state index < -0.39 is 0 Å². The number of fused-ring (bicyclic) bond motifs is 1. The molecule has 2 aromatic heterocycles. The molecular weight excluding hydrogens is 278 g/mol. The summed E-state index contributed by atoms with van der Waals surface area (Å²) in [6.07, 6.45) is 1.49. The molecule has 0 unspecified atom stereocenters. The molecule has 7 heteroatoms. The average molecular weight is 298 g/mol. The molecule has 0 aliphatic heterocycles. The molecule has 110 valence electrons. The third-order valence-electron chi connectivity index (χ3n) is 3.42. The molecule has 0 amide bonds. The molecule has 2 rings (SSSR count). The Morgan fingerprint density at radius 2 is 2.05 bits per heavy atom. The molecule has 0 aliphatic carbocycles. The highest BCUT2D eigenvalue weighted by Crippen LogP contribution is 2.22. The molecule has 0 aliphatic rings. The lowest BCUT2D eigenvalue weighted by molar-refractivity contribution is 0.290. The Morgan fingerprint density at radius 1 is 1.30 bits per heavy atom. The van der Waals surface area contributed by atoms with Crippen LogP contribution in [0.4, 0.5) is 0 Å². The third kappa shape index (κ3) is 2.86. The van der Waals surface area contributed by atoms with Crippen molar-refractivity contribution >= 4 is 22.8 Å². The molecule has 0 aromatic carbocycles. The Hall–Kier alpha value is -1.40. The first-order valence-electron chi connectivity index (χ1n) is 6.77. The van der Waals surface area contributed by atoms with Gasteiger partial charge in [0.1, 0.15) is 12.2 Å². The number of halogens is 1. The zero-order valence-electron chi connectivity index (χ0n) is 12.1. The number of ether oxygens (including phenoxy) is 1. The molecule has 0 saturated heterocycles. The molecule has 0 atom stereocenters. The summed E-state index contributed by atoms with van der Waals surface area (Å²) >= 11 is 6.00. The predicted molar refractivity (Wildman–Crippen MR) is 79.2 cm³/mol. The van der Waals surface area contributed by atoms with Crippen LogP contribution < -0.4 is 4.74 Å². The molecule has 2 heterocycles. The number of rotatable bonds is 7. The van der Waals surface area contributed by atoms with Crippen molar-refractivity contribution in [3.05, 3.63) is 12.2 Å². The van der Waals surface area contributed by atoms with Crippen LogP contribution in [-0.4, -0.2) is 51.2 Å². The van der Waals surface area contributed by atoms with Crippen LogP contribution in [0.25, 0.3) is 11.2 Å². The summed E-state index contributed by atoms with van der Waals surface area (Å²) in [4.78, 5) is 15.2. The minimum Gasteiger partial charge on any atom is -0.479 e. The molecule has 0 N–H and O–H groups in total. The van der Waals surface area contributed by atoms with Gasteiger partial charge in [-0.2, -0.15) is 4.98 Å². The van der Waals surface area contributed by atoms with Crippen LogP contribution in [0.2, 0.25) is 0 Å². The second kappa shape index (κ2) is 6.85. The van der Waals surface area contributed by atoms with Crippen molar-refractivity contribution in [1.82, 2.24) is 24.4 Å². The molecule has 0 fully saturated rings. The maximum Gasteiger partial charge on any atom is 0.245 e. The van der Waals surface area contributed by atoms with E-state index in [1.54, 1.807) is 7.11 Å². The lowest BCUT2D eigenvalue weighted by Gasteiger charge is -2.18. The fourth-order valence-corrected chi connectivity index (χ4v) is 2.43. The van der Waals surface area contributed by atoms with E-state index in [0.29, 0.717) is 17.3 Å². The van der Waals surface area contributed by atoms with E-state index in [9.17, 15) is 0 Å². The van der Waals surface area contributed by atoms with Crippen molar-refractivity contribution in [3.63, 3.8) is 0 Å². The molecule has 0 saturated carbocycles. The number of hydrogen-bond donors (Lipinski definition) is 0. The van der Waals surface area contributed by atoms with Crippen LogP contribution >= 0.6 is 11.6 Å². The molecule has 0 radical (unpaired) electrons. The molecule has 0 bridgehead atoms. The van der Waals surface area contributed by atoms with E-state index in [0.717, 1.165) is 37.7 Å². The fourth-order valence-electron chi connectivity index (χ4n) is 2.23. The van der Waals surface area contributed by atoms with E-state index in [2.05, 4.69) is 33.7 Å². The van der Waals surface area contributed by atoms with Gasteiger partial charge in [-0.25, -0.2) is 9.97 Å². The van der Waals surface area contributed by atoms with Crippen molar-refractivity contribution in [1.29, 1.82) is 0 Å². The summed E-state index contributed by atoms with van der Waals surface area (Å²) in [5, 5.41) is 0. The van der Waals surface area contributed by atoms with Gasteiger partial charge in [0.25, 0.3) is 0 Å². The van der Waals surface area contributed by atoms with Gasteiger partial charge in [-0.3, -0.25) is 0 Å². The number of imidazole rings is 1. The molecule has 20 heavy (non-hydrogen) atoms.